The number of rotatable bonds is 7. The number of Topliss-reactive ketones (excluding diaryl/α,β-unsaturated/α-hetero) is 1. The number of aryl methyl sites for hydroxylation is 1. The normalized spacial score (nSPS) is 14.2. The number of amides is 1. The van der Waals surface area contributed by atoms with Crippen LogP contribution in [0.2, 0.25) is 0 Å². The first-order valence-corrected chi connectivity index (χ1v) is 11.1. The number of ether oxygens (including phenoxy) is 1. The van der Waals surface area contributed by atoms with Gasteiger partial charge in [-0.25, -0.2) is 4.98 Å². The Hall–Kier alpha value is -2.97. The molecule has 0 saturated carbocycles. The molecule has 0 spiro atoms. The molecule has 0 saturated heterocycles. The second kappa shape index (κ2) is 9.03. The highest BCUT2D eigenvalue weighted by atomic mass is 32.2. The second-order valence-corrected chi connectivity index (χ2v) is 8.47. The zero-order chi connectivity index (χ0) is 22.0. The Bertz CT molecular complexity index is 1220. The van der Waals surface area contributed by atoms with Crippen molar-refractivity contribution in [2.75, 3.05) is 24.8 Å². The smallest absolute Gasteiger partial charge is 0.262 e. The number of nitrogens with zero attached hydrogens (tertiary/aromatic N) is 2. The number of carbonyl (C=O) groups excluding carboxylic acids is 2. The summed E-state index contributed by atoms with van der Waals surface area (Å²) in [5.74, 6) is 0.0843. The topological polar surface area (TPSA) is 90.3 Å². The summed E-state index contributed by atoms with van der Waals surface area (Å²) in [4.78, 5) is 42.2. The lowest BCUT2D eigenvalue weighted by Gasteiger charge is -2.19. The summed E-state index contributed by atoms with van der Waals surface area (Å²) in [5, 5.41) is 3.86. The van der Waals surface area contributed by atoms with Crippen molar-refractivity contribution in [3.63, 3.8) is 0 Å². The number of anilines is 1. The van der Waals surface area contributed by atoms with E-state index in [0.717, 1.165) is 11.3 Å². The number of aromatic nitrogens is 2. The van der Waals surface area contributed by atoms with E-state index in [1.165, 1.54) is 11.8 Å². The van der Waals surface area contributed by atoms with Gasteiger partial charge >= 0.3 is 0 Å². The quantitative estimate of drug-likeness (QED) is 0.346. The molecule has 1 atom stereocenters. The minimum absolute atomic E-state index is 0.00680. The van der Waals surface area contributed by atoms with Crippen molar-refractivity contribution in [1.29, 1.82) is 0 Å². The highest BCUT2D eigenvalue weighted by Gasteiger charge is 2.20. The van der Waals surface area contributed by atoms with Gasteiger partial charge in [0.1, 0.15) is 0 Å². The average molecular weight is 438 g/mol. The SMILES string of the molecule is COCC(C)n1c(SCC(=O)c2ccc3c(c2)CCC(=O)N3)nc2ccccc2c1=O. The summed E-state index contributed by atoms with van der Waals surface area (Å²) in [5.41, 5.74) is 2.77. The highest BCUT2D eigenvalue weighted by molar-refractivity contribution is 7.99. The van der Waals surface area contributed by atoms with Gasteiger partial charge in [-0.05, 0) is 49.2 Å². The van der Waals surface area contributed by atoms with Crippen molar-refractivity contribution in [3.8, 4) is 0 Å². The van der Waals surface area contributed by atoms with E-state index in [1.807, 2.05) is 25.1 Å². The lowest BCUT2D eigenvalue weighted by molar-refractivity contribution is -0.116. The Labute approximate surface area is 183 Å². The standard InChI is InChI=1S/C23H23N3O4S/c1-14(12-30-2)26-22(29)17-5-3-4-6-19(17)25-23(26)31-13-20(27)16-7-9-18-15(11-16)8-10-21(28)24-18/h3-7,9,11,14H,8,10,12-13H2,1-2H3,(H,24,28). The molecule has 2 heterocycles. The monoisotopic (exact) mass is 437 g/mol. The van der Waals surface area contributed by atoms with Crippen molar-refractivity contribution < 1.29 is 14.3 Å². The van der Waals surface area contributed by atoms with E-state index in [4.69, 9.17) is 4.74 Å². The van der Waals surface area contributed by atoms with Crippen molar-refractivity contribution in [2.24, 2.45) is 0 Å². The number of fused-ring (bicyclic) bond motifs is 2. The van der Waals surface area contributed by atoms with E-state index in [2.05, 4.69) is 10.3 Å². The minimum atomic E-state index is -0.223. The number of ketones is 1. The van der Waals surface area contributed by atoms with Gasteiger partial charge in [-0.1, -0.05) is 23.9 Å². The predicted octanol–water partition coefficient (Wildman–Crippen LogP) is 3.46. The molecule has 7 nitrogen and oxygen atoms in total. The largest absolute Gasteiger partial charge is 0.383 e. The number of carbonyl (C=O) groups is 2. The van der Waals surface area contributed by atoms with Gasteiger partial charge < -0.3 is 10.1 Å². The molecule has 31 heavy (non-hydrogen) atoms. The summed E-state index contributed by atoms with van der Waals surface area (Å²) in [6, 6.07) is 12.3. The van der Waals surface area contributed by atoms with E-state index in [1.54, 1.807) is 35.9 Å². The zero-order valence-corrected chi connectivity index (χ0v) is 18.2. The van der Waals surface area contributed by atoms with Gasteiger partial charge in [0.2, 0.25) is 5.91 Å². The maximum absolute atomic E-state index is 13.1. The van der Waals surface area contributed by atoms with Crippen LogP contribution in [0, 0.1) is 0 Å². The Morgan fingerprint density at radius 3 is 2.84 bits per heavy atom. The van der Waals surface area contributed by atoms with Gasteiger partial charge in [0.05, 0.1) is 29.3 Å². The molecule has 1 amide bonds. The van der Waals surface area contributed by atoms with Gasteiger partial charge in [-0.15, -0.1) is 0 Å². The third-order valence-corrected chi connectivity index (χ3v) is 6.23. The Balaban J connectivity index is 1.61. The Kier molecular flexibility index (Phi) is 6.20. The molecule has 8 heteroatoms. The number of thioether (sulfide) groups is 1. The van der Waals surface area contributed by atoms with Crippen LogP contribution in [-0.2, 0) is 16.0 Å². The first kappa shape index (κ1) is 21.3. The number of nitrogens with one attached hydrogen (secondary N) is 1. The molecule has 1 unspecified atom stereocenters. The van der Waals surface area contributed by atoms with Crippen LogP contribution in [0.25, 0.3) is 10.9 Å². The molecule has 0 radical (unpaired) electrons. The number of benzene rings is 2. The van der Waals surface area contributed by atoms with Crippen molar-refractivity contribution in [3.05, 3.63) is 63.9 Å². The van der Waals surface area contributed by atoms with E-state index >= 15 is 0 Å². The molecule has 3 aromatic rings. The third-order valence-electron chi connectivity index (χ3n) is 5.28. The zero-order valence-electron chi connectivity index (χ0n) is 17.4. The summed E-state index contributed by atoms with van der Waals surface area (Å²) in [7, 11) is 1.59. The van der Waals surface area contributed by atoms with Crippen LogP contribution >= 0.6 is 11.8 Å². The molecule has 1 aromatic heterocycles. The predicted molar refractivity (Wildman–Crippen MR) is 121 cm³/mol. The minimum Gasteiger partial charge on any atom is -0.383 e. The van der Waals surface area contributed by atoms with Crippen LogP contribution < -0.4 is 10.9 Å². The molecule has 2 aromatic carbocycles. The van der Waals surface area contributed by atoms with Crippen LogP contribution in [-0.4, -0.2) is 40.7 Å². The van der Waals surface area contributed by atoms with Gasteiger partial charge in [-0.3, -0.25) is 19.0 Å². The maximum atomic E-state index is 13.1. The fourth-order valence-corrected chi connectivity index (χ4v) is 4.69. The number of hydrogen-bond donors (Lipinski definition) is 1. The van der Waals surface area contributed by atoms with Crippen molar-refractivity contribution in [2.45, 2.75) is 31.0 Å². The molecule has 160 valence electrons. The molecule has 0 fully saturated rings. The van der Waals surface area contributed by atoms with E-state index < -0.39 is 0 Å². The van der Waals surface area contributed by atoms with Crippen LogP contribution in [0.15, 0.2) is 52.4 Å². The van der Waals surface area contributed by atoms with Crippen molar-refractivity contribution in [1.82, 2.24) is 9.55 Å². The van der Waals surface area contributed by atoms with Gasteiger partial charge in [-0.2, -0.15) is 0 Å². The maximum Gasteiger partial charge on any atom is 0.262 e. The fourth-order valence-electron chi connectivity index (χ4n) is 3.70. The summed E-state index contributed by atoms with van der Waals surface area (Å²) in [6.07, 6.45) is 1.04. The van der Waals surface area contributed by atoms with E-state index in [-0.39, 0.29) is 29.0 Å². The molecule has 1 N–H and O–H groups in total. The van der Waals surface area contributed by atoms with Gasteiger partial charge in [0.15, 0.2) is 10.9 Å². The molecular formula is C23H23N3O4S. The number of para-hydroxylation sites is 1. The van der Waals surface area contributed by atoms with Crippen LogP contribution in [0.3, 0.4) is 0 Å². The van der Waals surface area contributed by atoms with E-state index in [0.29, 0.717) is 41.1 Å². The van der Waals surface area contributed by atoms with Crippen LogP contribution in [0.1, 0.15) is 35.3 Å². The van der Waals surface area contributed by atoms with E-state index in [9.17, 15) is 14.4 Å². The van der Waals surface area contributed by atoms with Gasteiger partial charge in [0, 0.05) is 24.8 Å². The van der Waals surface area contributed by atoms with Crippen LogP contribution in [0.4, 0.5) is 5.69 Å². The molecule has 0 aliphatic carbocycles. The summed E-state index contributed by atoms with van der Waals surface area (Å²) < 4.78 is 6.85. The summed E-state index contributed by atoms with van der Waals surface area (Å²) in [6.45, 7) is 2.25. The fraction of sp³-hybridized carbons (Fsp3) is 0.304. The van der Waals surface area contributed by atoms with Crippen molar-refractivity contribution >= 4 is 40.0 Å². The first-order valence-electron chi connectivity index (χ1n) is 10.1. The lowest BCUT2D eigenvalue weighted by Crippen LogP contribution is -2.28. The van der Waals surface area contributed by atoms with Crippen LogP contribution in [0.5, 0.6) is 0 Å². The molecule has 0 bridgehead atoms. The Morgan fingerprint density at radius 1 is 1.23 bits per heavy atom. The second-order valence-electron chi connectivity index (χ2n) is 7.52. The molecular weight excluding hydrogens is 414 g/mol. The lowest BCUT2D eigenvalue weighted by atomic mass is 9.99. The molecule has 1 aliphatic heterocycles. The number of methoxy groups -OCH3 is 1. The molecule has 4 rings (SSSR count). The molecule has 1 aliphatic rings. The summed E-state index contributed by atoms with van der Waals surface area (Å²) >= 11 is 1.25. The van der Waals surface area contributed by atoms with Gasteiger partial charge in [0.25, 0.3) is 5.56 Å². The average Bonchev–Trinajstić information content (AvgIpc) is 2.77. The third kappa shape index (κ3) is 4.40. The Morgan fingerprint density at radius 2 is 2.03 bits per heavy atom. The highest BCUT2D eigenvalue weighted by Crippen LogP contribution is 2.26. The first-order chi connectivity index (χ1) is 15.0. The number of hydrogen-bond acceptors (Lipinski definition) is 6.